The van der Waals surface area contributed by atoms with Crippen LogP contribution in [0.3, 0.4) is 0 Å². The first-order chi connectivity index (χ1) is 8.70. The molecule has 1 heterocycles. The van der Waals surface area contributed by atoms with Crippen molar-refractivity contribution in [3.63, 3.8) is 0 Å². The molecule has 0 atom stereocenters. The van der Waals surface area contributed by atoms with E-state index in [0.717, 1.165) is 29.0 Å². The van der Waals surface area contributed by atoms with Crippen LogP contribution in [0, 0.1) is 0 Å². The van der Waals surface area contributed by atoms with Crippen LogP contribution >= 0.6 is 27.5 Å². The molecule has 96 valence electrons. The second-order valence-electron chi connectivity index (χ2n) is 4.02. The minimum atomic E-state index is 0.699. The van der Waals surface area contributed by atoms with Crippen molar-refractivity contribution in [1.29, 1.82) is 0 Å². The van der Waals surface area contributed by atoms with Gasteiger partial charge in [-0.25, -0.2) is 4.98 Å². The monoisotopic (exact) mass is 327 g/mol. The Labute approximate surface area is 120 Å². The molecule has 0 aliphatic carbocycles. The molecule has 1 aromatic carbocycles. The highest BCUT2D eigenvalue weighted by atomic mass is 79.9. The summed E-state index contributed by atoms with van der Waals surface area (Å²) in [4.78, 5) is 4.35. The molecule has 1 N–H and O–H groups in total. The van der Waals surface area contributed by atoms with Gasteiger partial charge in [0.1, 0.15) is 5.82 Å². The number of benzene rings is 1. The number of halogens is 2. The number of imidazole rings is 1. The number of aromatic nitrogens is 2. The van der Waals surface area contributed by atoms with E-state index in [1.165, 1.54) is 0 Å². The summed E-state index contributed by atoms with van der Waals surface area (Å²) in [6, 6.07) is 5.82. The number of aryl methyl sites for hydroxylation is 1. The Morgan fingerprint density at radius 3 is 3.00 bits per heavy atom. The minimum absolute atomic E-state index is 0.699. The quantitative estimate of drug-likeness (QED) is 0.886. The second kappa shape index (κ2) is 6.25. The van der Waals surface area contributed by atoms with Crippen LogP contribution in [0.1, 0.15) is 19.2 Å². The third kappa shape index (κ3) is 3.27. The average molecular weight is 329 g/mol. The molecule has 3 nitrogen and oxygen atoms in total. The van der Waals surface area contributed by atoms with Gasteiger partial charge in [-0.05, 0) is 40.5 Å². The van der Waals surface area contributed by atoms with Gasteiger partial charge in [0.2, 0.25) is 0 Å². The first-order valence-corrected chi connectivity index (χ1v) is 7.06. The van der Waals surface area contributed by atoms with Crippen LogP contribution in [0.4, 0.5) is 5.69 Å². The summed E-state index contributed by atoms with van der Waals surface area (Å²) in [5, 5.41) is 4.03. The van der Waals surface area contributed by atoms with Crippen LogP contribution < -0.4 is 5.32 Å². The Balaban J connectivity index is 2.02. The lowest BCUT2D eigenvalue weighted by molar-refractivity contribution is 0.644. The standard InChI is InChI=1S/C13H15BrClN3/c1-2-6-18-7-5-16-13(18)9-17-10-3-4-11(14)12(15)8-10/h3-5,7-8,17H,2,6,9H2,1H3. The molecule has 2 aromatic rings. The lowest BCUT2D eigenvalue weighted by Crippen LogP contribution is -2.08. The van der Waals surface area contributed by atoms with Crippen LogP contribution in [-0.2, 0) is 13.1 Å². The zero-order valence-electron chi connectivity index (χ0n) is 10.2. The van der Waals surface area contributed by atoms with Gasteiger partial charge in [0, 0.05) is 29.1 Å². The van der Waals surface area contributed by atoms with Crippen LogP contribution in [0.25, 0.3) is 0 Å². The van der Waals surface area contributed by atoms with Crippen molar-refractivity contribution in [3.8, 4) is 0 Å². The van der Waals surface area contributed by atoms with Gasteiger partial charge in [-0.15, -0.1) is 0 Å². The Kier molecular flexibility index (Phi) is 4.66. The molecule has 18 heavy (non-hydrogen) atoms. The Morgan fingerprint density at radius 1 is 1.44 bits per heavy atom. The summed E-state index contributed by atoms with van der Waals surface area (Å²) >= 11 is 9.42. The molecule has 1 aromatic heterocycles. The lowest BCUT2D eigenvalue weighted by Gasteiger charge is -2.09. The molecular weight excluding hydrogens is 314 g/mol. The summed E-state index contributed by atoms with van der Waals surface area (Å²) in [5.41, 5.74) is 0.995. The predicted molar refractivity (Wildman–Crippen MR) is 79.0 cm³/mol. The number of hydrogen-bond acceptors (Lipinski definition) is 2. The van der Waals surface area contributed by atoms with Gasteiger partial charge in [-0.1, -0.05) is 18.5 Å². The zero-order valence-corrected chi connectivity index (χ0v) is 12.5. The third-order valence-electron chi connectivity index (χ3n) is 2.64. The fourth-order valence-corrected chi connectivity index (χ4v) is 2.17. The molecule has 0 spiro atoms. The normalized spacial score (nSPS) is 10.6. The summed E-state index contributed by atoms with van der Waals surface area (Å²) in [7, 11) is 0. The number of rotatable bonds is 5. The highest BCUT2D eigenvalue weighted by Crippen LogP contribution is 2.25. The Hall–Kier alpha value is -1.000. The molecule has 0 bridgehead atoms. The Morgan fingerprint density at radius 2 is 2.28 bits per heavy atom. The van der Waals surface area contributed by atoms with Crippen LogP contribution in [0.15, 0.2) is 35.1 Å². The SMILES string of the molecule is CCCn1ccnc1CNc1ccc(Br)c(Cl)c1. The van der Waals surface area contributed by atoms with E-state index in [0.29, 0.717) is 11.6 Å². The van der Waals surface area contributed by atoms with Gasteiger partial charge < -0.3 is 9.88 Å². The predicted octanol–water partition coefficient (Wildman–Crippen LogP) is 4.32. The number of nitrogens with one attached hydrogen (secondary N) is 1. The largest absolute Gasteiger partial charge is 0.378 e. The van der Waals surface area contributed by atoms with Gasteiger partial charge in [0.25, 0.3) is 0 Å². The molecule has 0 fully saturated rings. The van der Waals surface area contributed by atoms with Crippen molar-refractivity contribution in [2.24, 2.45) is 0 Å². The van der Waals surface area contributed by atoms with Crippen molar-refractivity contribution in [3.05, 3.63) is 45.9 Å². The summed E-state index contributed by atoms with van der Waals surface area (Å²) < 4.78 is 3.06. The maximum atomic E-state index is 6.05. The van der Waals surface area contributed by atoms with Gasteiger partial charge in [-0.2, -0.15) is 0 Å². The van der Waals surface area contributed by atoms with E-state index in [4.69, 9.17) is 11.6 Å². The van der Waals surface area contributed by atoms with E-state index in [-0.39, 0.29) is 0 Å². The number of anilines is 1. The topological polar surface area (TPSA) is 29.9 Å². The average Bonchev–Trinajstić information content (AvgIpc) is 2.79. The van der Waals surface area contributed by atoms with Crippen molar-refractivity contribution in [1.82, 2.24) is 9.55 Å². The highest BCUT2D eigenvalue weighted by Gasteiger charge is 2.03. The molecule has 0 saturated heterocycles. The molecule has 5 heteroatoms. The lowest BCUT2D eigenvalue weighted by atomic mass is 10.3. The van der Waals surface area contributed by atoms with Gasteiger partial charge in [0.05, 0.1) is 11.6 Å². The molecule has 0 aliphatic heterocycles. The van der Waals surface area contributed by atoms with Crippen LogP contribution in [-0.4, -0.2) is 9.55 Å². The van der Waals surface area contributed by atoms with Gasteiger partial charge in [0.15, 0.2) is 0 Å². The fraction of sp³-hybridized carbons (Fsp3) is 0.308. The maximum Gasteiger partial charge on any atom is 0.128 e. The van der Waals surface area contributed by atoms with Crippen LogP contribution in [0.2, 0.25) is 5.02 Å². The van der Waals surface area contributed by atoms with Crippen molar-refractivity contribution in [2.45, 2.75) is 26.4 Å². The summed E-state index contributed by atoms with van der Waals surface area (Å²) in [6.07, 6.45) is 4.95. The van der Waals surface area contributed by atoms with E-state index in [1.807, 2.05) is 30.6 Å². The summed E-state index contributed by atoms with van der Waals surface area (Å²) in [5.74, 6) is 1.04. The van der Waals surface area contributed by atoms with Crippen molar-refractivity contribution < 1.29 is 0 Å². The van der Waals surface area contributed by atoms with E-state index < -0.39 is 0 Å². The molecule has 0 unspecified atom stereocenters. The molecular formula is C13H15BrClN3. The number of hydrogen-bond donors (Lipinski definition) is 1. The zero-order chi connectivity index (χ0) is 13.0. The van der Waals surface area contributed by atoms with E-state index in [1.54, 1.807) is 0 Å². The van der Waals surface area contributed by atoms with E-state index in [9.17, 15) is 0 Å². The van der Waals surface area contributed by atoms with Crippen molar-refractivity contribution >= 4 is 33.2 Å². The molecule has 0 aliphatic rings. The Bertz CT molecular complexity index is 525. The van der Waals surface area contributed by atoms with Gasteiger partial charge in [-0.3, -0.25) is 0 Å². The number of nitrogens with zero attached hydrogens (tertiary/aromatic N) is 2. The van der Waals surface area contributed by atoms with E-state index >= 15 is 0 Å². The van der Waals surface area contributed by atoms with E-state index in [2.05, 4.69) is 37.7 Å². The maximum absolute atomic E-state index is 6.05. The first kappa shape index (κ1) is 13.4. The first-order valence-electron chi connectivity index (χ1n) is 5.89. The smallest absolute Gasteiger partial charge is 0.128 e. The second-order valence-corrected chi connectivity index (χ2v) is 5.28. The third-order valence-corrected chi connectivity index (χ3v) is 3.87. The highest BCUT2D eigenvalue weighted by molar-refractivity contribution is 9.10. The molecule has 0 radical (unpaired) electrons. The molecule has 0 saturated carbocycles. The van der Waals surface area contributed by atoms with Crippen LogP contribution in [0.5, 0.6) is 0 Å². The van der Waals surface area contributed by atoms with Crippen molar-refractivity contribution in [2.75, 3.05) is 5.32 Å². The van der Waals surface area contributed by atoms with Gasteiger partial charge >= 0.3 is 0 Å². The summed E-state index contributed by atoms with van der Waals surface area (Å²) in [6.45, 7) is 3.86. The molecule has 0 amide bonds. The minimum Gasteiger partial charge on any atom is -0.378 e. The fourth-order valence-electron chi connectivity index (χ4n) is 1.74. The molecule has 2 rings (SSSR count).